The number of carboxylic acid groups (broad SMARTS) is 1. The third kappa shape index (κ3) is 7.42. The van der Waals surface area contributed by atoms with Crippen LogP contribution in [0.4, 0.5) is 9.52 Å². The Morgan fingerprint density at radius 1 is 1.10 bits per heavy atom. The van der Waals surface area contributed by atoms with Crippen LogP contribution in [0, 0.1) is 31.5 Å². The first-order chi connectivity index (χ1) is 19.7. The number of benzene rings is 2. The minimum atomic E-state index is -0.718. The van der Waals surface area contributed by atoms with Gasteiger partial charge in [0.2, 0.25) is 5.13 Å². The number of amides is 1. The van der Waals surface area contributed by atoms with Gasteiger partial charge in [0.05, 0.1) is 10.6 Å². The van der Waals surface area contributed by atoms with Crippen LogP contribution in [0.25, 0.3) is 10.6 Å². The minimum absolute atomic E-state index is 0.0741. The first kappa shape index (κ1) is 29.4. The first-order valence-corrected chi connectivity index (χ1v) is 15.2. The van der Waals surface area contributed by atoms with Crippen LogP contribution in [0.2, 0.25) is 5.02 Å². The number of ether oxygens (including phenoxy) is 1. The van der Waals surface area contributed by atoms with E-state index in [0.29, 0.717) is 29.2 Å². The topological polar surface area (TPSA) is 95.9 Å². The number of likely N-dealkylation sites (tertiary alicyclic amines) is 1. The molecule has 8 nitrogen and oxygen atoms in total. The minimum Gasteiger partial charge on any atom is -0.492 e. The summed E-state index contributed by atoms with van der Waals surface area (Å²) in [5, 5.41) is 19.0. The molecule has 1 amide bonds. The van der Waals surface area contributed by atoms with Crippen LogP contribution in [-0.4, -0.2) is 64.9 Å². The Balaban J connectivity index is 1.24. The molecule has 1 aliphatic carbocycles. The highest BCUT2D eigenvalue weighted by molar-refractivity contribution is 7.18. The number of aryl methyl sites for hydroxylation is 2. The third-order valence-corrected chi connectivity index (χ3v) is 9.03. The number of carbonyl (C=O) groups is 2. The molecule has 0 atom stereocenters. The monoisotopic (exact) mass is 600 g/mol. The Bertz CT molecular complexity index is 1400. The van der Waals surface area contributed by atoms with E-state index in [1.54, 1.807) is 4.90 Å². The average Bonchev–Trinajstić information content (AvgIpc) is 3.62. The maximum atomic E-state index is 13.6. The van der Waals surface area contributed by atoms with Gasteiger partial charge in [-0.3, -0.25) is 19.4 Å². The molecular formula is C30H34ClFN4O4S. The van der Waals surface area contributed by atoms with E-state index in [-0.39, 0.29) is 28.8 Å². The molecule has 1 aliphatic heterocycles. The SMILES string of the molecule is Cc1cc(-c2nnc(N(CC3CC3)C(=O)c3ccc(F)cc3Cl)s2)cc(C)c1OCCN1CCC(CC(=O)O)CC1. The molecule has 2 aliphatic rings. The van der Waals surface area contributed by atoms with E-state index >= 15 is 0 Å². The van der Waals surface area contributed by atoms with Crippen molar-refractivity contribution in [3.05, 3.63) is 57.9 Å². The van der Waals surface area contributed by atoms with Crippen LogP contribution in [0.15, 0.2) is 30.3 Å². The summed E-state index contributed by atoms with van der Waals surface area (Å²) < 4.78 is 19.8. The van der Waals surface area contributed by atoms with Crippen molar-refractivity contribution in [2.24, 2.45) is 11.8 Å². The van der Waals surface area contributed by atoms with E-state index in [0.717, 1.165) is 73.8 Å². The molecule has 0 unspecified atom stereocenters. The lowest BCUT2D eigenvalue weighted by Crippen LogP contribution is -2.37. The molecule has 1 N–H and O–H groups in total. The number of hydrogen-bond acceptors (Lipinski definition) is 7. The summed E-state index contributed by atoms with van der Waals surface area (Å²) in [6.07, 6.45) is 4.17. The highest BCUT2D eigenvalue weighted by atomic mass is 35.5. The van der Waals surface area contributed by atoms with Crippen LogP contribution in [0.5, 0.6) is 5.75 Å². The van der Waals surface area contributed by atoms with Gasteiger partial charge in [-0.2, -0.15) is 0 Å². The highest BCUT2D eigenvalue weighted by Gasteiger charge is 2.31. The van der Waals surface area contributed by atoms with Crippen LogP contribution < -0.4 is 9.64 Å². The number of carboxylic acids is 1. The van der Waals surface area contributed by atoms with E-state index in [9.17, 15) is 14.0 Å². The molecule has 41 heavy (non-hydrogen) atoms. The standard InChI is InChI=1S/C30H34ClFN4O4S/c1-18-13-22(14-19(2)27(18)40-12-11-35-9-7-20(8-10-35)15-26(37)38)28-33-34-30(41-28)36(17-21-3-4-21)29(39)24-6-5-23(32)16-25(24)31/h5-6,13-14,16,20-21H,3-4,7-12,15,17H2,1-2H3,(H,37,38). The first-order valence-electron chi connectivity index (χ1n) is 14.0. The van der Waals surface area contributed by atoms with Gasteiger partial charge in [0, 0.05) is 25.1 Å². The lowest BCUT2D eigenvalue weighted by molar-refractivity contribution is -0.138. The normalized spacial score (nSPS) is 16.1. The number of aromatic nitrogens is 2. The van der Waals surface area contributed by atoms with E-state index in [1.807, 2.05) is 26.0 Å². The Labute approximate surface area is 248 Å². The lowest BCUT2D eigenvalue weighted by Gasteiger charge is -2.31. The average molecular weight is 601 g/mol. The number of halogens is 2. The van der Waals surface area contributed by atoms with Crippen molar-refractivity contribution < 1.29 is 23.8 Å². The molecule has 1 saturated carbocycles. The summed E-state index contributed by atoms with van der Waals surface area (Å²) in [6, 6.07) is 7.84. The zero-order valence-electron chi connectivity index (χ0n) is 23.2. The molecule has 11 heteroatoms. The zero-order valence-corrected chi connectivity index (χ0v) is 24.8. The van der Waals surface area contributed by atoms with Gasteiger partial charge >= 0.3 is 5.97 Å². The molecule has 2 aromatic carbocycles. The molecule has 5 rings (SSSR count). The second-order valence-electron chi connectivity index (χ2n) is 11.0. The molecule has 3 aromatic rings. The van der Waals surface area contributed by atoms with Crippen molar-refractivity contribution in [3.8, 4) is 16.3 Å². The molecule has 0 radical (unpaired) electrons. The molecule has 2 heterocycles. The van der Waals surface area contributed by atoms with Gasteiger partial charge in [0.15, 0.2) is 0 Å². The lowest BCUT2D eigenvalue weighted by atomic mass is 9.94. The Kier molecular flexibility index (Phi) is 9.21. The number of nitrogens with zero attached hydrogens (tertiary/aromatic N) is 4. The summed E-state index contributed by atoms with van der Waals surface area (Å²) in [7, 11) is 0. The fourth-order valence-electron chi connectivity index (χ4n) is 5.30. The summed E-state index contributed by atoms with van der Waals surface area (Å²) in [5.74, 6) is -0.00787. The van der Waals surface area contributed by atoms with E-state index in [4.69, 9.17) is 21.4 Å². The number of rotatable bonds is 11. The predicted octanol–water partition coefficient (Wildman–Crippen LogP) is 6.24. The van der Waals surface area contributed by atoms with E-state index in [1.165, 1.54) is 23.5 Å². The molecular weight excluding hydrogens is 567 g/mol. The number of carbonyl (C=O) groups excluding carboxylic acids is 1. The van der Waals surface area contributed by atoms with Crippen LogP contribution in [-0.2, 0) is 4.79 Å². The van der Waals surface area contributed by atoms with Crippen molar-refractivity contribution in [1.29, 1.82) is 0 Å². The van der Waals surface area contributed by atoms with Gasteiger partial charge in [-0.15, -0.1) is 10.2 Å². The van der Waals surface area contributed by atoms with Crippen molar-refractivity contribution >= 4 is 39.9 Å². The summed E-state index contributed by atoms with van der Waals surface area (Å²) >= 11 is 7.55. The number of aliphatic carboxylic acids is 1. The zero-order chi connectivity index (χ0) is 29.1. The molecule has 2 fully saturated rings. The number of anilines is 1. The highest BCUT2D eigenvalue weighted by Crippen LogP contribution is 2.37. The molecule has 1 saturated heterocycles. The van der Waals surface area contributed by atoms with Gasteiger partial charge in [0.1, 0.15) is 23.2 Å². The summed E-state index contributed by atoms with van der Waals surface area (Å²) in [5.41, 5.74) is 3.11. The Morgan fingerprint density at radius 3 is 2.44 bits per heavy atom. The second kappa shape index (κ2) is 12.8. The Hall–Kier alpha value is -3.08. The van der Waals surface area contributed by atoms with Crippen molar-refractivity contribution in [3.63, 3.8) is 0 Å². The summed E-state index contributed by atoms with van der Waals surface area (Å²) in [4.78, 5) is 28.3. The Morgan fingerprint density at radius 2 is 1.80 bits per heavy atom. The maximum absolute atomic E-state index is 13.6. The molecule has 218 valence electrons. The van der Waals surface area contributed by atoms with Gasteiger partial charge in [0.25, 0.3) is 5.91 Å². The largest absolute Gasteiger partial charge is 0.492 e. The fourth-order valence-corrected chi connectivity index (χ4v) is 6.38. The molecule has 0 bridgehead atoms. The van der Waals surface area contributed by atoms with Crippen molar-refractivity contribution in [2.45, 2.75) is 46.0 Å². The van der Waals surface area contributed by atoms with Crippen molar-refractivity contribution in [1.82, 2.24) is 15.1 Å². The van der Waals surface area contributed by atoms with Gasteiger partial charge in [-0.25, -0.2) is 4.39 Å². The van der Waals surface area contributed by atoms with Crippen LogP contribution in [0.3, 0.4) is 0 Å². The number of hydrogen-bond donors (Lipinski definition) is 1. The third-order valence-electron chi connectivity index (χ3n) is 7.72. The van der Waals surface area contributed by atoms with Crippen molar-refractivity contribution in [2.75, 3.05) is 37.7 Å². The van der Waals surface area contributed by atoms with Gasteiger partial charge in [-0.05, 0) is 106 Å². The predicted molar refractivity (Wildman–Crippen MR) is 158 cm³/mol. The molecule has 0 spiro atoms. The molecule has 1 aromatic heterocycles. The smallest absolute Gasteiger partial charge is 0.303 e. The fraction of sp³-hybridized carbons (Fsp3) is 0.467. The summed E-state index contributed by atoms with van der Waals surface area (Å²) in [6.45, 7) is 7.66. The number of piperidine rings is 1. The van der Waals surface area contributed by atoms with Gasteiger partial charge in [-0.1, -0.05) is 22.9 Å². The van der Waals surface area contributed by atoms with Crippen LogP contribution in [0.1, 0.15) is 53.6 Å². The second-order valence-corrected chi connectivity index (χ2v) is 12.4. The quantitative estimate of drug-likeness (QED) is 0.278. The van der Waals surface area contributed by atoms with Gasteiger partial charge < -0.3 is 9.84 Å². The maximum Gasteiger partial charge on any atom is 0.303 e. The van der Waals surface area contributed by atoms with Crippen LogP contribution >= 0.6 is 22.9 Å². The van der Waals surface area contributed by atoms with E-state index < -0.39 is 11.8 Å². The van der Waals surface area contributed by atoms with E-state index in [2.05, 4.69) is 15.1 Å².